The van der Waals surface area contributed by atoms with Crippen molar-refractivity contribution < 1.29 is 5.11 Å². The van der Waals surface area contributed by atoms with Crippen LogP contribution in [0.5, 0.6) is 0 Å². The van der Waals surface area contributed by atoms with E-state index in [0.717, 1.165) is 16.8 Å². The molecule has 0 aliphatic carbocycles. The third kappa shape index (κ3) is 3.12. The average Bonchev–Trinajstić information content (AvgIpc) is 3.04. The van der Waals surface area contributed by atoms with Gasteiger partial charge in [0.05, 0.1) is 24.7 Å². The number of aliphatic hydroxyl groups excluding tert-OH is 1. The Morgan fingerprint density at radius 2 is 2.05 bits per heavy atom. The van der Waals surface area contributed by atoms with Crippen molar-refractivity contribution in [3.05, 3.63) is 66.2 Å². The Bertz CT molecular complexity index is 741. The van der Waals surface area contributed by atoms with Crippen molar-refractivity contribution in [1.82, 2.24) is 19.7 Å². The van der Waals surface area contributed by atoms with Gasteiger partial charge in [0, 0.05) is 18.4 Å². The lowest BCUT2D eigenvalue weighted by atomic mass is 10.1. The first-order valence-corrected chi connectivity index (χ1v) is 7.04. The molecule has 2 N–H and O–H groups in total. The minimum absolute atomic E-state index is 0.0455. The van der Waals surface area contributed by atoms with E-state index in [1.807, 2.05) is 30.5 Å². The van der Waals surface area contributed by atoms with Gasteiger partial charge in [-0.1, -0.05) is 24.3 Å². The topological polar surface area (TPSA) is 75.9 Å². The van der Waals surface area contributed by atoms with Gasteiger partial charge in [0.2, 0.25) is 5.95 Å². The molecule has 0 radical (unpaired) electrons. The van der Waals surface area contributed by atoms with E-state index >= 15 is 0 Å². The second kappa shape index (κ2) is 6.36. The number of hydrogen-bond acceptors (Lipinski definition) is 5. The number of aliphatic hydroxyl groups is 1. The number of benzene rings is 1. The van der Waals surface area contributed by atoms with Crippen molar-refractivity contribution in [2.45, 2.75) is 19.6 Å². The molecule has 6 nitrogen and oxygen atoms in total. The Labute approximate surface area is 128 Å². The van der Waals surface area contributed by atoms with Gasteiger partial charge in [0.1, 0.15) is 0 Å². The first-order valence-electron chi connectivity index (χ1n) is 7.04. The van der Waals surface area contributed by atoms with Crippen LogP contribution in [0.25, 0.3) is 5.95 Å². The van der Waals surface area contributed by atoms with Gasteiger partial charge >= 0.3 is 0 Å². The molecule has 0 saturated heterocycles. The molecule has 6 heteroatoms. The molecule has 1 unspecified atom stereocenters. The van der Waals surface area contributed by atoms with Crippen LogP contribution in [0.4, 0.5) is 5.69 Å². The van der Waals surface area contributed by atoms with Gasteiger partial charge in [-0.3, -0.25) is 0 Å². The molecule has 0 amide bonds. The molecule has 2 aromatic heterocycles. The maximum absolute atomic E-state index is 9.22. The molecule has 0 spiro atoms. The highest BCUT2D eigenvalue weighted by Gasteiger charge is 2.08. The van der Waals surface area contributed by atoms with Gasteiger partial charge in [0.15, 0.2) is 0 Å². The molecular formula is C16H17N5O. The molecule has 22 heavy (non-hydrogen) atoms. The Balaban J connectivity index is 1.74. The van der Waals surface area contributed by atoms with Gasteiger partial charge in [-0.15, -0.1) is 0 Å². The third-order valence-corrected chi connectivity index (χ3v) is 3.36. The summed E-state index contributed by atoms with van der Waals surface area (Å²) >= 11 is 0. The molecule has 3 rings (SSSR count). The molecule has 0 saturated carbocycles. The smallest absolute Gasteiger partial charge is 0.250 e. The quantitative estimate of drug-likeness (QED) is 0.755. The summed E-state index contributed by atoms with van der Waals surface area (Å²) in [7, 11) is 0. The highest BCUT2D eigenvalue weighted by molar-refractivity contribution is 5.43. The fourth-order valence-electron chi connectivity index (χ4n) is 2.21. The van der Waals surface area contributed by atoms with E-state index in [-0.39, 0.29) is 12.6 Å². The lowest BCUT2D eigenvalue weighted by Crippen LogP contribution is -2.06. The SMILES string of the molecule is CC(Nc1cnn(-c2ncccn2)c1)c1cccc(CO)c1. The first-order chi connectivity index (χ1) is 10.8. The Morgan fingerprint density at radius 1 is 1.23 bits per heavy atom. The fraction of sp³-hybridized carbons (Fsp3) is 0.188. The van der Waals surface area contributed by atoms with Crippen molar-refractivity contribution in [1.29, 1.82) is 0 Å². The van der Waals surface area contributed by atoms with Crippen LogP contribution in [-0.4, -0.2) is 24.9 Å². The van der Waals surface area contributed by atoms with Crippen LogP contribution in [0.3, 0.4) is 0 Å². The summed E-state index contributed by atoms with van der Waals surface area (Å²) in [5, 5.41) is 16.9. The number of aromatic nitrogens is 4. The summed E-state index contributed by atoms with van der Waals surface area (Å²) < 4.78 is 1.62. The van der Waals surface area contributed by atoms with Crippen LogP contribution in [0.1, 0.15) is 24.1 Å². The zero-order valence-corrected chi connectivity index (χ0v) is 12.2. The number of hydrogen-bond donors (Lipinski definition) is 2. The molecule has 112 valence electrons. The molecular weight excluding hydrogens is 278 g/mol. The molecule has 0 aliphatic rings. The lowest BCUT2D eigenvalue weighted by Gasteiger charge is -2.14. The molecule has 2 heterocycles. The summed E-state index contributed by atoms with van der Waals surface area (Å²) in [6.45, 7) is 2.11. The minimum Gasteiger partial charge on any atom is -0.392 e. The van der Waals surface area contributed by atoms with Gasteiger partial charge < -0.3 is 10.4 Å². The summed E-state index contributed by atoms with van der Waals surface area (Å²) in [5.74, 6) is 0.533. The second-order valence-electron chi connectivity index (χ2n) is 4.99. The van der Waals surface area contributed by atoms with Crippen molar-refractivity contribution in [2.24, 2.45) is 0 Å². The van der Waals surface area contributed by atoms with Crippen LogP contribution in [0, 0.1) is 0 Å². The summed E-state index contributed by atoms with van der Waals surface area (Å²) in [6.07, 6.45) is 6.95. The Kier molecular flexibility index (Phi) is 4.11. The maximum atomic E-state index is 9.22. The maximum Gasteiger partial charge on any atom is 0.250 e. The van der Waals surface area contributed by atoms with Crippen molar-refractivity contribution in [3.63, 3.8) is 0 Å². The zero-order chi connectivity index (χ0) is 15.4. The van der Waals surface area contributed by atoms with Gasteiger partial charge in [-0.25, -0.2) is 14.6 Å². The predicted molar refractivity (Wildman–Crippen MR) is 83.6 cm³/mol. The van der Waals surface area contributed by atoms with Crippen molar-refractivity contribution in [2.75, 3.05) is 5.32 Å². The highest BCUT2D eigenvalue weighted by atomic mass is 16.3. The first kappa shape index (κ1) is 14.2. The Hall–Kier alpha value is -2.73. The fourth-order valence-corrected chi connectivity index (χ4v) is 2.21. The van der Waals surface area contributed by atoms with Gasteiger partial charge in [-0.2, -0.15) is 5.10 Å². The lowest BCUT2D eigenvalue weighted by molar-refractivity contribution is 0.281. The van der Waals surface area contributed by atoms with E-state index in [2.05, 4.69) is 27.3 Å². The molecule has 1 aromatic carbocycles. The minimum atomic E-state index is 0.0455. The van der Waals surface area contributed by atoms with Crippen molar-refractivity contribution in [3.8, 4) is 5.95 Å². The van der Waals surface area contributed by atoms with Crippen LogP contribution < -0.4 is 5.32 Å². The standard InChI is InChI=1S/C16H17N5O/c1-12(14-5-2-4-13(8-14)11-22)20-15-9-19-21(10-15)16-17-6-3-7-18-16/h2-10,12,20,22H,11H2,1H3. The van der Waals surface area contributed by atoms with E-state index < -0.39 is 0 Å². The number of nitrogens with one attached hydrogen (secondary N) is 1. The summed E-state index contributed by atoms with van der Waals surface area (Å²) in [4.78, 5) is 8.31. The zero-order valence-electron chi connectivity index (χ0n) is 12.2. The van der Waals surface area contributed by atoms with Crippen LogP contribution in [0.15, 0.2) is 55.1 Å². The van der Waals surface area contributed by atoms with E-state index in [0.29, 0.717) is 5.95 Å². The van der Waals surface area contributed by atoms with E-state index in [9.17, 15) is 5.11 Å². The highest BCUT2D eigenvalue weighted by Crippen LogP contribution is 2.20. The molecule has 3 aromatic rings. The van der Waals surface area contributed by atoms with E-state index in [1.54, 1.807) is 29.3 Å². The normalized spacial score (nSPS) is 12.1. The van der Waals surface area contributed by atoms with E-state index in [4.69, 9.17) is 0 Å². The van der Waals surface area contributed by atoms with E-state index in [1.165, 1.54) is 0 Å². The summed E-state index contributed by atoms with van der Waals surface area (Å²) in [6, 6.07) is 9.73. The van der Waals surface area contributed by atoms with Gasteiger partial charge in [-0.05, 0) is 24.1 Å². The molecule has 0 fully saturated rings. The van der Waals surface area contributed by atoms with Crippen molar-refractivity contribution >= 4 is 5.69 Å². The molecule has 1 atom stereocenters. The molecule has 0 aliphatic heterocycles. The second-order valence-corrected chi connectivity index (χ2v) is 4.99. The third-order valence-electron chi connectivity index (χ3n) is 3.36. The van der Waals surface area contributed by atoms with Gasteiger partial charge in [0.25, 0.3) is 0 Å². The predicted octanol–water partition coefficient (Wildman–Crippen LogP) is 2.33. The van der Waals surface area contributed by atoms with Crippen LogP contribution >= 0.6 is 0 Å². The van der Waals surface area contributed by atoms with Crippen LogP contribution in [-0.2, 0) is 6.61 Å². The monoisotopic (exact) mass is 295 g/mol. The number of rotatable bonds is 5. The Morgan fingerprint density at radius 3 is 2.82 bits per heavy atom. The number of nitrogens with zero attached hydrogens (tertiary/aromatic N) is 4. The average molecular weight is 295 g/mol. The number of anilines is 1. The largest absolute Gasteiger partial charge is 0.392 e. The van der Waals surface area contributed by atoms with Crippen LogP contribution in [0.2, 0.25) is 0 Å². The molecule has 0 bridgehead atoms. The summed E-state index contributed by atoms with van der Waals surface area (Å²) in [5.41, 5.74) is 2.89.